The van der Waals surface area contributed by atoms with Crippen LogP contribution < -0.4 is 4.74 Å². The van der Waals surface area contributed by atoms with Crippen LogP contribution in [0.4, 0.5) is 10.1 Å². The molecule has 4 nitrogen and oxygen atoms in total. The van der Waals surface area contributed by atoms with E-state index in [0.29, 0.717) is 15.6 Å². The molecule has 0 aliphatic heterocycles. The minimum Gasteiger partial charge on any atom is -0.489 e. The van der Waals surface area contributed by atoms with Gasteiger partial charge in [0.2, 0.25) is 0 Å². The molecule has 0 saturated heterocycles. The lowest BCUT2D eigenvalue weighted by Gasteiger charge is -2.09. The third-order valence-electron chi connectivity index (χ3n) is 2.73. The smallest absolute Gasteiger partial charge is 0.270 e. The number of nitrogens with zero attached hydrogens (tertiary/aromatic N) is 1. The first-order valence-electron chi connectivity index (χ1n) is 5.90. The lowest BCUT2D eigenvalue weighted by molar-refractivity contribution is -0.384. The number of ether oxygens (including phenoxy) is 1. The first-order valence-corrected chi connectivity index (χ1v) is 7.82. The molecule has 0 N–H and O–H groups in total. The summed E-state index contributed by atoms with van der Waals surface area (Å²) >= 11 is 6.53. The summed E-state index contributed by atoms with van der Waals surface area (Å²) in [6, 6.07) is 8.87. The molecule has 0 amide bonds. The van der Waals surface area contributed by atoms with Gasteiger partial charge in [-0.15, -0.1) is 0 Å². The largest absolute Gasteiger partial charge is 0.489 e. The lowest BCUT2D eigenvalue weighted by atomic mass is 10.2. The second-order valence-electron chi connectivity index (χ2n) is 4.25. The number of hydrogen-bond donors (Lipinski definition) is 0. The van der Waals surface area contributed by atoms with Gasteiger partial charge < -0.3 is 4.74 Å². The van der Waals surface area contributed by atoms with Gasteiger partial charge in [-0.2, -0.15) is 0 Å². The van der Waals surface area contributed by atoms with Crippen LogP contribution in [0.5, 0.6) is 5.75 Å². The number of halogens is 3. The molecule has 0 spiro atoms. The van der Waals surface area contributed by atoms with E-state index in [2.05, 4.69) is 31.9 Å². The summed E-state index contributed by atoms with van der Waals surface area (Å²) in [6.45, 7) is 0.184. The Morgan fingerprint density at radius 1 is 1.24 bits per heavy atom. The maximum atomic E-state index is 13.4. The summed E-state index contributed by atoms with van der Waals surface area (Å²) in [7, 11) is 0. The molecule has 0 radical (unpaired) electrons. The van der Waals surface area contributed by atoms with Crippen molar-refractivity contribution in [3.05, 3.63) is 67.9 Å². The maximum Gasteiger partial charge on any atom is 0.270 e. The molecular weight excluding hydrogens is 409 g/mol. The van der Waals surface area contributed by atoms with Crippen LogP contribution in [0.3, 0.4) is 0 Å². The van der Waals surface area contributed by atoms with E-state index in [-0.39, 0.29) is 18.1 Å². The highest BCUT2D eigenvalue weighted by atomic mass is 79.9. The number of nitro benzene ring substituents is 1. The lowest BCUT2D eigenvalue weighted by Crippen LogP contribution is -1.98. The van der Waals surface area contributed by atoms with Crippen molar-refractivity contribution in [1.29, 1.82) is 0 Å². The summed E-state index contributed by atoms with van der Waals surface area (Å²) in [5, 5.41) is 11.2. The zero-order valence-electron chi connectivity index (χ0n) is 10.7. The molecule has 2 aromatic rings. The summed E-state index contributed by atoms with van der Waals surface area (Å²) in [5.41, 5.74) is 1.51. The number of rotatable bonds is 5. The Morgan fingerprint density at radius 2 is 2.00 bits per heavy atom. The molecule has 2 aromatic carbocycles. The van der Waals surface area contributed by atoms with Gasteiger partial charge in [0.05, 0.1) is 4.92 Å². The number of nitro groups is 1. The molecule has 0 fully saturated rings. The highest BCUT2D eigenvalue weighted by Crippen LogP contribution is 2.25. The van der Waals surface area contributed by atoms with Gasteiger partial charge in [0.25, 0.3) is 5.69 Å². The fourth-order valence-electron chi connectivity index (χ4n) is 1.71. The van der Waals surface area contributed by atoms with Crippen LogP contribution in [-0.4, -0.2) is 4.92 Å². The molecule has 0 unspecified atom stereocenters. The van der Waals surface area contributed by atoms with E-state index in [1.54, 1.807) is 12.1 Å². The molecule has 0 aliphatic rings. The van der Waals surface area contributed by atoms with Crippen LogP contribution in [0, 0.1) is 15.9 Å². The first kappa shape index (κ1) is 15.9. The molecule has 21 heavy (non-hydrogen) atoms. The van der Waals surface area contributed by atoms with E-state index in [1.165, 1.54) is 24.3 Å². The van der Waals surface area contributed by atoms with Crippen LogP contribution in [0.2, 0.25) is 0 Å². The predicted molar refractivity (Wildman–Crippen MR) is 84.2 cm³/mol. The Labute approximate surface area is 137 Å². The van der Waals surface area contributed by atoms with Crippen molar-refractivity contribution in [2.45, 2.75) is 11.9 Å². The summed E-state index contributed by atoms with van der Waals surface area (Å²) in [5.74, 6) is 0.0411. The standard InChI is InChI=1S/C14H10Br2FNO3/c15-7-9-3-11(17)5-13(4-9)21-8-10-1-2-12(18(19)20)6-14(10)16/h1-6H,7-8H2. The van der Waals surface area contributed by atoms with Crippen LogP contribution in [0.15, 0.2) is 40.9 Å². The molecule has 110 valence electrons. The average molecular weight is 419 g/mol. The van der Waals surface area contributed by atoms with E-state index in [4.69, 9.17) is 4.74 Å². The molecule has 0 saturated carbocycles. The zero-order chi connectivity index (χ0) is 15.4. The van der Waals surface area contributed by atoms with Crippen LogP contribution in [0.25, 0.3) is 0 Å². The van der Waals surface area contributed by atoms with E-state index in [1.807, 2.05) is 0 Å². The summed E-state index contributed by atoms with van der Waals surface area (Å²) < 4.78 is 19.5. The van der Waals surface area contributed by atoms with Gasteiger partial charge in [-0.3, -0.25) is 10.1 Å². The Balaban J connectivity index is 2.13. The molecule has 2 rings (SSSR count). The van der Waals surface area contributed by atoms with Crippen LogP contribution in [0.1, 0.15) is 11.1 Å². The molecule has 0 aromatic heterocycles. The first-order chi connectivity index (χ1) is 9.99. The van der Waals surface area contributed by atoms with Gasteiger partial charge in [0, 0.05) is 33.6 Å². The van der Waals surface area contributed by atoms with E-state index in [0.717, 1.165) is 11.1 Å². The van der Waals surface area contributed by atoms with Crippen molar-refractivity contribution >= 4 is 37.5 Å². The van der Waals surface area contributed by atoms with Gasteiger partial charge in [0.15, 0.2) is 0 Å². The molecular formula is C14H10Br2FNO3. The Bertz CT molecular complexity index is 679. The van der Waals surface area contributed by atoms with Gasteiger partial charge in [-0.25, -0.2) is 4.39 Å². The van der Waals surface area contributed by atoms with Crippen molar-refractivity contribution in [2.75, 3.05) is 0 Å². The molecule has 0 atom stereocenters. The Hall–Kier alpha value is -1.47. The number of benzene rings is 2. The van der Waals surface area contributed by atoms with Crippen molar-refractivity contribution in [3.63, 3.8) is 0 Å². The normalized spacial score (nSPS) is 10.4. The van der Waals surface area contributed by atoms with E-state index >= 15 is 0 Å². The molecule has 0 bridgehead atoms. The Morgan fingerprint density at radius 3 is 2.62 bits per heavy atom. The average Bonchev–Trinajstić information content (AvgIpc) is 2.45. The molecule has 7 heteroatoms. The van der Waals surface area contributed by atoms with Crippen LogP contribution >= 0.6 is 31.9 Å². The van der Waals surface area contributed by atoms with Crippen LogP contribution in [-0.2, 0) is 11.9 Å². The van der Waals surface area contributed by atoms with Crippen molar-refractivity contribution < 1.29 is 14.1 Å². The SMILES string of the molecule is O=[N+]([O-])c1ccc(COc2cc(F)cc(CBr)c2)c(Br)c1. The number of non-ortho nitro benzene ring substituents is 1. The van der Waals surface area contributed by atoms with Gasteiger partial charge in [-0.1, -0.05) is 31.9 Å². The van der Waals surface area contributed by atoms with Gasteiger partial charge in [0.1, 0.15) is 18.2 Å². The molecule has 0 heterocycles. The highest BCUT2D eigenvalue weighted by Gasteiger charge is 2.10. The molecule has 0 aliphatic carbocycles. The minimum atomic E-state index is -0.468. The van der Waals surface area contributed by atoms with E-state index in [9.17, 15) is 14.5 Å². The highest BCUT2D eigenvalue weighted by molar-refractivity contribution is 9.10. The van der Waals surface area contributed by atoms with Crippen molar-refractivity contribution in [1.82, 2.24) is 0 Å². The van der Waals surface area contributed by atoms with Crippen molar-refractivity contribution in [2.24, 2.45) is 0 Å². The predicted octanol–water partition coefficient (Wildman–Crippen LogP) is 4.97. The summed E-state index contributed by atoms with van der Waals surface area (Å²) in [6.07, 6.45) is 0. The second kappa shape index (κ2) is 7.00. The minimum absolute atomic E-state index is 0.00189. The second-order valence-corrected chi connectivity index (χ2v) is 5.67. The zero-order valence-corrected chi connectivity index (χ0v) is 13.9. The topological polar surface area (TPSA) is 52.4 Å². The third kappa shape index (κ3) is 4.25. The monoisotopic (exact) mass is 417 g/mol. The Kier molecular flexibility index (Phi) is 5.30. The summed E-state index contributed by atoms with van der Waals surface area (Å²) in [4.78, 5) is 10.2. The number of alkyl halides is 1. The maximum absolute atomic E-state index is 13.4. The van der Waals surface area contributed by atoms with Crippen molar-refractivity contribution in [3.8, 4) is 5.75 Å². The van der Waals surface area contributed by atoms with Gasteiger partial charge in [-0.05, 0) is 23.8 Å². The van der Waals surface area contributed by atoms with E-state index < -0.39 is 4.92 Å². The quantitative estimate of drug-likeness (QED) is 0.391. The third-order valence-corrected chi connectivity index (χ3v) is 4.11. The van der Waals surface area contributed by atoms with Gasteiger partial charge >= 0.3 is 0 Å². The number of hydrogen-bond acceptors (Lipinski definition) is 3. The fraction of sp³-hybridized carbons (Fsp3) is 0.143. The fourth-order valence-corrected chi connectivity index (χ4v) is 2.51.